The molecule has 9 heteroatoms. The average molecular weight is 621 g/mol. The van der Waals surface area contributed by atoms with Crippen LogP contribution in [0.3, 0.4) is 0 Å². The topological polar surface area (TPSA) is 117 Å². The van der Waals surface area contributed by atoms with Crippen molar-refractivity contribution in [3.8, 4) is 29.1 Å². The van der Waals surface area contributed by atoms with Crippen molar-refractivity contribution in [2.75, 3.05) is 7.11 Å². The number of halogens is 1. The summed E-state index contributed by atoms with van der Waals surface area (Å²) in [5.41, 5.74) is 11.3. The van der Waals surface area contributed by atoms with E-state index in [1.807, 2.05) is 49.4 Å². The third-order valence-corrected chi connectivity index (χ3v) is 8.08. The molecule has 1 aromatic heterocycles. The molecule has 0 radical (unpaired) electrons. The second-order valence-electron chi connectivity index (χ2n) is 10.6. The van der Waals surface area contributed by atoms with Gasteiger partial charge in [0.05, 0.1) is 13.0 Å². The van der Waals surface area contributed by atoms with Gasteiger partial charge in [0.2, 0.25) is 11.6 Å². The number of hydrogen-bond donors (Lipinski definition) is 1. The van der Waals surface area contributed by atoms with Crippen LogP contribution in [0, 0.1) is 18.3 Å². The Labute approximate surface area is 265 Å². The molecule has 0 fully saturated rings. The van der Waals surface area contributed by atoms with Crippen LogP contribution in [-0.2, 0) is 13.0 Å². The molecule has 6 rings (SSSR count). The molecular weight excluding hydrogens is 592 g/mol. The highest BCUT2D eigenvalue weighted by Crippen LogP contribution is 2.45. The van der Waals surface area contributed by atoms with Gasteiger partial charge in [-0.3, -0.25) is 0 Å². The summed E-state index contributed by atoms with van der Waals surface area (Å²) >= 11 is 5.99. The standard InChI is InChI=1S/C36H29ClN2O6/c1-4-21-7-13-29-27(15-21)20(2)34(44-29)36(40)43-25-11-12-26-31(17-25)45-35(39)28(18-38)33(26)23-8-14-30(32(16-23)41-3)42-19-22-5-9-24(37)10-6-22/h5-17,33H,4,19,39H2,1-3H3. The number of rotatable bonds is 8. The quantitative estimate of drug-likeness (QED) is 0.137. The van der Waals surface area contributed by atoms with E-state index >= 15 is 0 Å². The van der Waals surface area contributed by atoms with Gasteiger partial charge in [0.25, 0.3) is 0 Å². The summed E-state index contributed by atoms with van der Waals surface area (Å²) in [6.07, 6.45) is 0.872. The van der Waals surface area contributed by atoms with Gasteiger partial charge in [-0.15, -0.1) is 0 Å². The number of ether oxygens (including phenoxy) is 4. The van der Waals surface area contributed by atoms with Gasteiger partial charge in [0.15, 0.2) is 11.5 Å². The van der Waals surface area contributed by atoms with Crippen LogP contribution >= 0.6 is 11.6 Å². The number of allylic oxidation sites excluding steroid dienone is 1. The van der Waals surface area contributed by atoms with E-state index in [0.29, 0.717) is 45.6 Å². The first-order valence-corrected chi connectivity index (χ1v) is 14.7. The fraction of sp³-hybridized carbons (Fsp3) is 0.167. The molecule has 1 aliphatic rings. The molecule has 0 aliphatic carbocycles. The lowest BCUT2D eigenvalue weighted by Crippen LogP contribution is -2.21. The first-order chi connectivity index (χ1) is 21.8. The predicted molar refractivity (Wildman–Crippen MR) is 170 cm³/mol. The second-order valence-corrected chi connectivity index (χ2v) is 11.0. The molecule has 5 aromatic rings. The van der Waals surface area contributed by atoms with Crippen molar-refractivity contribution >= 4 is 28.5 Å². The summed E-state index contributed by atoms with van der Waals surface area (Å²) < 4.78 is 29.1. The third-order valence-electron chi connectivity index (χ3n) is 7.82. The summed E-state index contributed by atoms with van der Waals surface area (Å²) in [5, 5.41) is 11.6. The highest BCUT2D eigenvalue weighted by molar-refractivity contribution is 6.30. The van der Waals surface area contributed by atoms with Crippen molar-refractivity contribution in [2.45, 2.75) is 32.8 Å². The molecule has 2 N–H and O–H groups in total. The number of aryl methyl sites for hydroxylation is 2. The minimum Gasteiger partial charge on any atom is -0.493 e. The Hall–Kier alpha value is -5.39. The summed E-state index contributed by atoms with van der Waals surface area (Å²) in [4.78, 5) is 13.2. The zero-order chi connectivity index (χ0) is 31.7. The molecule has 1 atom stereocenters. The first-order valence-electron chi connectivity index (χ1n) is 14.3. The van der Waals surface area contributed by atoms with Crippen LogP contribution in [0.15, 0.2) is 94.7 Å². The van der Waals surface area contributed by atoms with Crippen LogP contribution in [0.25, 0.3) is 11.0 Å². The Morgan fingerprint density at radius 1 is 1.00 bits per heavy atom. The summed E-state index contributed by atoms with van der Waals surface area (Å²) in [6, 6.07) is 25.9. The third kappa shape index (κ3) is 5.78. The highest BCUT2D eigenvalue weighted by Gasteiger charge is 2.32. The number of carbonyl (C=O) groups excluding carboxylic acids is 1. The summed E-state index contributed by atoms with van der Waals surface area (Å²) in [6.45, 7) is 4.22. The first kappa shape index (κ1) is 29.7. The van der Waals surface area contributed by atoms with Crippen LogP contribution in [0.2, 0.25) is 5.02 Å². The van der Waals surface area contributed by atoms with Gasteiger partial charge >= 0.3 is 5.97 Å². The fourth-order valence-electron chi connectivity index (χ4n) is 5.40. The Morgan fingerprint density at radius 2 is 1.78 bits per heavy atom. The van der Waals surface area contributed by atoms with Gasteiger partial charge in [-0.2, -0.15) is 5.26 Å². The van der Waals surface area contributed by atoms with Crippen molar-refractivity contribution in [3.05, 3.63) is 129 Å². The molecule has 4 aromatic carbocycles. The van der Waals surface area contributed by atoms with E-state index in [4.69, 9.17) is 40.7 Å². The van der Waals surface area contributed by atoms with Crippen LogP contribution in [0.1, 0.15) is 51.2 Å². The maximum atomic E-state index is 13.2. The van der Waals surface area contributed by atoms with E-state index < -0.39 is 11.9 Å². The average Bonchev–Trinajstić information content (AvgIpc) is 3.39. The van der Waals surface area contributed by atoms with Gasteiger partial charge < -0.3 is 29.1 Å². The minimum atomic E-state index is -0.630. The lowest BCUT2D eigenvalue weighted by Gasteiger charge is -2.27. The maximum Gasteiger partial charge on any atom is 0.379 e. The number of nitriles is 1. The van der Waals surface area contributed by atoms with Crippen LogP contribution in [-0.4, -0.2) is 13.1 Å². The Morgan fingerprint density at radius 3 is 2.51 bits per heavy atom. The predicted octanol–water partition coefficient (Wildman–Crippen LogP) is 7.98. The highest BCUT2D eigenvalue weighted by atomic mass is 35.5. The van der Waals surface area contributed by atoms with E-state index in [-0.39, 0.29) is 23.0 Å². The molecule has 0 saturated carbocycles. The van der Waals surface area contributed by atoms with Gasteiger partial charge in [0.1, 0.15) is 35.3 Å². The Bertz CT molecular complexity index is 2010. The Balaban J connectivity index is 1.27. The molecule has 0 amide bonds. The summed E-state index contributed by atoms with van der Waals surface area (Å²) in [5.74, 6) is 0.520. The number of fused-ring (bicyclic) bond motifs is 2. The van der Waals surface area contributed by atoms with E-state index in [1.54, 1.807) is 43.5 Å². The van der Waals surface area contributed by atoms with Crippen molar-refractivity contribution in [2.24, 2.45) is 5.73 Å². The van der Waals surface area contributed by atoms with E-state index in [0.717, 1.165) is 28.5 Å². The van der Waals surface area contributed by atoms with Gasteiger partial charge in [-0.25, -0.2) is 4.79 Å². The normalized spacial score (nSPS) is 14.0. The number of methoxy groups -OCH3 is 1. The molecule has 0 spiro atoms. The molecule has 0 bridgehead atoms. The number of esters is 1. The van der Waals surface area contributed by atoms with Gasteiger partial charge in [-0.05, 0) is 72.5 Å². The Kier molecular flexibility index (Phi) is 8.12. The molecule has 8 nitrogen and oxygen atoms in total. The van der Waals surface area contributed by atoms with Crippen molar-refractivity contribution in [1.29, 1.82) is 5.26 Å². The second kappa shape index (κ2) is 12.3. The molecule has 1 unspecified atom stereocenters. The van der Waals surface area contributed by atoms with Crippen LogP contribution in [0.4, 0.5) is 0 Å². The van der Waals surface area contributed by atoms with Crippen LogP contribution < -0.4 is 24.7 Å². The molecule has 0 saturated heterocycles. The number of nitrogens with zero attached hydrogens (tertiary/aromatic N) is 1. The smallest absolute Gasteiger partial charge is 0.379 e. The maximum absolute atomic E-state index is 13.2. The lowest BCUT2D eigenvalue weighted by atomic mass is 9.83. The number of furan rings is 1. The molecule has 2 heterocycles. The zero-order valence-electron chi connectivity index (χ0n) is 24.8. The number of hydrogen-bond acceptors (Lipinski definition) is 8. The molecule has 226 valence electrons. The molecule has 1 aliphatic heterocycles. The molecule has 45 heavy (non-hydrogen) atoms. The largest absolute Gasteiger partial charge is 0.493 e. The SMILES string of the molecule is CCc1ccc2oc(C(=O)Oc3ccc4c(c3)OC(N)=C(C#N)C4c3ccc(OCc4ccc(Cl)cc4)c(OC)c3)c(C)c2c1. The van der Waals surface area contributed by atoms with Crippen molar-refractivity contribution in [3.63, 3.8) is 0 Å². The monoisotopic (exact) mass is 620 g/mol. The zero-order valence-corrected chi connectivity index (χ0v) is 25.6. The van der Waals surface area contributed by atoms with E-state index in [1.165, 1.54) is 0 Å². The van der Waals surface area contributed by atoms with Crippen molar-refractivity contribution < 1.29 is 28.2 Å². The number of benzene rings is 4. The van der Waals surface area contributed by atoms with Crippen molar-refractivity contribution in [1.82, 2.24) is 0 Å². The van der Waals surface area contributed by atoms with Gasteiger partial charge in [-0.1, -0.05) is 48.9 Å². The summed E-state index contributed by atoms with van der Waals surface area (Å²) in [7, 11) is 1.55. The number of carbonyl (C=O) groups is 1. The van der Waals surface area contributed by atoms with E-state index in [9.17, 15) is 10.1 Å². The fourth-order valence-corrected chi connectivity index (χ4v) is 5.53. The lowest BCUT2D eigenvalue weighted by molar-refractivity contribution is 0.0702. The van der Waals surface area contributed by atoms with Gasteiger partial charge in [0, 0.05) is 27.6 Å². The van der Waals surface area contributed by atoms with E-state index in [2.05, 4.69) is 13.0 Å². The minimum absolute atomic E-state index is 0.0413. The van der Waals surface area contributed by atoms with Crippen LogP contribution in [0.5, 0.6) is 23.0 Å². The molecular formula is C36H29ClN2O6. The number of nitrogens with two attached hydrogens (primary N) is 1.